The van der Waals surface area contributed by atoms with Crippen LogP contribution >= 0.6 is 0 Å². The van der Waals surface area contributed by atoms with Crippen LogP contribution in [0, 0.1) is 0 Å². The number of rotatable bonds is 3. The fourth-order valence-corrected chi connectivity index (χ4v) is 1.31. The highest BCUT2D eigenvalue weighted by Crippen LogP contribution is 2.38. The van der Waals surface area contributed by atoms with Gasteiger partial charge >= 0.3 is 0 Å². The van der Waals surface area contributed by atoms with Gasteiger partial charge in [0.25, 0.3) is 5.56 Å². The van der Waals surface area contributed by atoms with Crippen LogP contribution in [-0.2, 0) is 6.54 Å². The van der Waals surface area contributed by atoms with Gasteiger partial charge in [0.1, 0.15) is 0 Å². The van der Waals surface area contributed by atoms with Crippen molar-refractivity contribution in [1.29, 1.82) is 0 Å². The van der Waals surface area contributed by atoms with Crippen LogP contribution in [-0.4, -0.2) is 9.78 Å². The Morgan fingerprint density at radius 3 is 3.00 bits per heavy atom. The predicted molar refractivity (Wildman–Crippen MR) is 50.7 cm³/mol. The van der Waals surface area contributed by atoms with E-state index in [0.717, 1.165) is 5.69 Å². The highest BCUT2D eigenvalue weighted by molar-refractivity contribution is 5.12. The van der Waals surface area contributed by atoms with Crippen molar-refractivity contribution < 1.29 is 0 Å². The first-order chi connectivity index (χ1) is 6.31. The molecule has 1 aromatic heterocycles. The number of allylic oxidation sites excluding steroid dienone is 1. The highest BCUT2D eigenvalue weighted by atomic mass is 16.1. The van der Waals surface area contributed by atoms with E-state index >= 15 is 0 Å². The molecule has 68 valence electrons. The Labute approximate surface area is 76.7 Å². The van der Waals surface area contributed by atoms with Gasteiger partial charge in [-0.2, -0.15) is 5.10 Å². The van der Waals surface area contributed by atoms with Crippen molar-refractivity contribution in [3.8, 4) is 0 Å². The van der Waals surface area contributed by atoms with E-state index in [2.05, 4.69) is 11.7 Å². The highest BCUT2D eigenvalue weighted by Gasteiger charge is 2.25. The standard InChI is InChI=1S/C10H12N2O/c1-2-7-12-10(13)6-5-9(11-12)8-3-4-8/h2,5-6,8H,1,3-4,7H2. The Bertz CT molecular complexity index is 377. The van der Waals surface area contributed by atoms with E-state index in [4.69, 9.17) is 0 Å². The fourth-order valence-electron chi connectivity index (χ4n) is 1.31. The van der Waals surface area contributed by atoms with E-state index in [9.17, 15) is 4.79 Å². The molecule has 1 aliphatic carbocycles. The van der Waals surface area contributed by atoms with Crippen LogP contribution in [0.2, 0.25) is 0 Å². The molecule has 0 amide bonds. The van der Waals surface area contributed by atoms with Gasteiger partial charge in [0.15, 0.2) is 0 Å². The zero-order chi connectivity index (χ0) is 9.26. The first-order valence-corrected chi connectivity index (χ1v) is 4.50. The molecule has 0 atom stereocenters. The molecule has 1 aliphatic rings. The van der Waals surface area contributed by atoms with E-state index in [1.807, 2.05) is 6.07 Å². The quantitative estimate of drug-likeness (QED) is 0.651. The van der Waals surface area contributed by atoms with Gasteiger partial charge in [-0.05, 0) is 18.9 Å². The Kier molecular flexibility index (Phi) is 2.00. The van der Waals surface area contributed by atoms with Crippen LogP contribution in [0.15, 0.2) is 29.6 Å². The maximum absolute atomic E-state index is 11.3. The summed E-state index contributed by atoms with van der Waals surface area (Å²) in [6, 6.07) is 3.42. The van der Waals surface area contributed by atoms with Crippen molar-refractivity contribution >= 4 is 0 Å². The van der Waals surface area contributed by atoms with Crippen LogP contribution in [0.1, 0.15) is 24.5 Å². The van der Waals surface area contributed by atoms with Crippen LogP contribution < -0.4 is 5.56 Å². The molecule has 0 radical (unpaired) electrons. The summed E-state index contributed by atoms with van der Waals surface area (Å²) in [5, 5.41) is 4.26. The molecule has 3 heteroatoms. The number of nitrogens with zero attached hydrogens (tertiary/aromatic N) is 2. The van der Waals surface area contributed by atoms with Gasteiger partial charge in [0.2, 0.25) is 0 Å². The van der Waals surface area contributed by atoms with Crippen LogP contribution in [0.3, 0.4) is 0 Å². The smallest absolute Gasteiger partial charge is 0.267 e. The molecule has 0 aromatic carbocycles. The minimum atomic E-state index is -0.0516. The summed E-state index contributed by atoms with van der Waals surface area (Å²) in [6.07, 6.45) is 4.10. The molecule has 0 bridgehead atoms. The van der Waals surface area contributed by atoms with E-state index < -0.39 is 0 Å². The Morgan fingerprint density at radius 1 is 1.62 bits per heavy atom. The average molecular weight is 176 g/mol. The van der Waals surface area contributed by atoms with Gasteiger partial charge in [-0.3, -0.25) is 4.79 Å². The minimum absolute atomic E-state index is 0.0516. The average Bonchev–Trinajstić information content (AvgIpc) is 2.92. The topological polar surface area (TPSA) is 34.9 Å². The number of aromatic nitrogens is 2. The zero-order valence-electron chi connectivity index (χ0n) is 7.44. The Hall–Kier alpha value is -1.38. The van der Waals surface area contributed by atoms with Crippen LogP contribution in [0.4, 0.5) is 0 Å². The van der Waals surface area contributed by atoms with E-state index in [0.29, 0.717) is 12.5 Å². The van der Waals surface area contributed by atoms with Gasteiger partial charge in [-0.25, -0.2) is 4.68 Å². The van der Waals surface area contributed by atoms with Gasteiger partial charge in [-0.15, -0.1) is 6.58 Å². The lowest BCUT2D eigenvalue weighted by molar-refractivity contribution is 0.630. The predicted octanol–water partition coefficient (Wildman–Crippen LogP) is 1.31. The van der Waals surface area contributed by atoms with E-state index in [1.54, 1.807) is 12.1 Å². The van der Waals surface area contributed by atoms with Gasteiger partial charge in [-0.1, -0.05) is 6.08 Å². The molecule has 1 heterocycles. The lowest BCUT2D eigenvalue weighted by Crippen LogP contribution is -2.22. The molecule has 0 spiro atoms. The molecule has 1 saturated carbocycles. The van der Waals surface area contributed by atoms with E-state index in [1.165, 1.54) is 17.5 Å². The molecule has 0 saturated heterocycles. The number of hydrogen-bond donors (Lipinski definition) is 0. The lowest BCUT2D eigenvalue weighted by atomic mass is 10.3. The number of hydrogen-bond acceptors (Lipinski definition) is 2. The SMILES string of the molecule is C=CCn1nc(C2CC2)ccc1=O. The van der Waals surface area contributed by atoms with Gasteiger partial charge < -0.3 is 0 Å². The summed E-state index contributed by atoms with van der Waals surface area (Å²) in [4.78, 5) is 11.3. The first kappa shape index (κ1) is 8.23. The molecule has 1 aromatic rings. The molecule has 1 fully saturated rings. The second-order valence-corrected chi connectivity index (χ2v) is 3.34. The maximum Gasteiger partial charge on any atom is 0.267 e. The minimum Gasteiger partial charge on any atom is -0.268 e. The summed E-state index contributed by atoms with van der Waals surface area (Å²) in [6.45, 7) is 4.09. The molecule has 0 aliphatic heterocycles. The normalized spacial score (nSPS) is 15.7. The van der Waals surface area contributed by atoms with Crippen molar-refractivity contribution in [2.75, 3.05) is 0 Å². The third-order valence-corrected chi connectivity index (χ3v) is 2.18. The largest absolute Gasteiger partial charge is 0.268 e. The molecular weight excluding hydrogens is 164 g/mol. The maximum atomic E-state index is 11.3. The van der Waals surface area contributed by atoms with Gasteiger partial charge in [0.05, 0.1) is 12.2 Å². The van der Waals surface area contributed by atoms with Crippen molar-refractivity contribution in [2.45, 2.75) is 25.3 Å². The van der Waals surface area contributed by atoms with Crippen LogP contribution in [0.25, 0.3) is 0 Å². The molecule has 0 unspecified atom stereocenters. The zero-order valence-corrected chi connectivity index (χ0v) is 7.44. The van der Waals surface area contributed by atoms with Crippen molar-refractivity contribution in [3.05, 3.63) is 40.8 Å². The molecule has 13 heavy (non-hydrogen) atoms. The lowest BCUT2D eigenvalue weighted by Gasteiger charge is -2.02. The van der Waals surface area contributed by atoms with E-state index in [-0.39, 0.29) is 5.56 Å². The molecular formula is C10H12N2O. The first-order valence-electron chi connectivity index (χ1n) is 4.50. The monoisotopic (exact) mass is 176 g/mol. The molecule has 2 rings (SSSR count). The fraction of sp³-hybridized carbons (Fsp3) is 0.400. The molecule has 3 nitrogen and oxygen atoms in total. The van der Waals surface area contributed by atoms with Gasteiger partial charge in [0, 0.05) is 12.0 Å². The van der Waals surface area contributed by atoms with Crippen molar-refractivity contribution in [3.63, 3.8) is 0 Å². The Morgan fingerprint density at radius 2 is 2.38 bits per heavy atom. The summed E-state index contributed by atoms with van der Waals surface area (Å²) in [5.41, 5.74) is 0.991. The van der Waals surface area contributed by atoms with Crippen molar-refractivity contribution in [1.82, 2.24) is 9.78 Å². The third kappa shape index (κ3) is 1.69. The summed E-state index contributed by atoms with van der Waals surface area (Å²) in [5.74, 6) is 0.594. The summed E-state index contributed by atoms with van der Waals surface area (Å²) in [7, 11) is 0. The summed E-state index contributed by atoms with van der Waals surface area (Å²) >= 11 is 0. The second kappa shape index (κ2) is 3.17. The Balaban J connectivity index is 2.35. The summed E-state index contributed by atoms with van der Waals surface area (Å²) < 4.78 is 1.46. The van der Waals surface area contributed by atoms with Crippen LogP contribution in [0.5, 0.6) is 0 Å². The second-order valence-electron chi connectivity index (χ2n) is 3.34. The van der Waals surface area contributed by atoms with Crippen molar-refractivity contribution in [2.24, 2.45) is 0 Å². The third-order valence-electron chi connectivity index (χ3n) is 2.18. The molecule has 0 N–H and O–H groups in total.